The lowest BCUT2D eigenvalue weighted by molar-refractivity contribution is -0.121. The van der Waals surface area contributed by atoms with Gasteiger partial charge in [0.1, 0.15) is 0 Å². The van der Waals surface area contributed by atoms with Crippen LogP contribution in [0.2, 0.25) is 5.02 Å². The average molecular weight is 279 g/mol. The Morgan fingerprint density at radius 3 is 3.05 bits per heavy atom. The third-order valence-electron chi connectivity index (χ3n) is 3.30. The van der Waals surface area contributed by atoms with Crippen LogP contribution in [0, 0.1) is 17.2 Å². The van der Waals surface area contributed by atoms with Crippen molar-refractivity contribution in [2.24, 2.45) is 5.92 Å². The summed E-state index contributed by atoms with van der Waals surface area (Å²) in [7, 11) is 0. The zero-order valence-electron chi connectivity index (χ0n) is 10.6. The standard InChI is InChI=1S/C14H15ClN2O2/c1-2-13-10(5-6-19-13)14(18)17-12-4-3-9(8-16)7-11(12)15/h3-4,7,10,13H,2,5-6H2,1H3,(H,17,18). The van der Waals surface area contributed by atoms with E-state index in [0.717, 1.165) is 12.8 Å². The Labute approximate surface area is 117 Å². The molecule has 1 heterocycles. The summed E-state index contributed by atoms with van der Waals surface area (Å²) in [5, 5.41) is 11.9. The molecule has 1 aliphatic rings. The number of ether oxygens (including phenoxy) is 1. The summed E-state index contributed by atoms with van der Waals surface area (Å²) in [6, 6.07) is 6.82. The van der Waals surface area contributed by atoms with Crippen molar-refractivity contribution in [1.82, 2.24) is 0 Å². The number of amides is 1. The number of benzene rings is 1. The van der Waals surface area contributed by atoms with E-state index in [4.69, 9.17) is 21.6 Å². The molecule has 0 radical (unpaired) electrons. The van der Waals surface area contributed by atoms with Crippen LogP contribution in [-0.2, 0) is 9.53 Å². The summed E-state index contributed by atoms with van der Waals surface area (Å²) in [5.74, 6) is -0.201. The van der Waals surface area contributed by atoms with Crippen molar-refractivity contribution in [3.8, 4) is 6.07 Å². The second-order valence-corrected chi connectivity index (χ2v) is 4.92. The van der Waals surface area contributed by atoms with Gasteiger partial charge in [-0.2, -0.15) is 5.26 Å². The fourth-order valence-electron chi connectivity index (χ4n) is 2.26. The molecule has 0 aromatic heterocycles. The first-order chi connectivity index (χ1) is 9.15. The molecule has 1 aromatic rings. The molecule has 5 heteroatoms. The number of carbonyl (C=O) groups is 1. The number of carbonyl (C=O) groups excluding carboxylic acids is 1. The van der Waals surface area contributed by atoms with Crippen LogP contribution in [0.1, 0.15) is 25.3 Å². The Hall–Kier alpha value is -1.57. The van der Waals surface area contributed by atoms with Gasteiger partial charge in [0, 0.05) is 6.61 Å². The number of rotatable bonds is 3. The second kappa shape index (κ2) is 6.05. The van der Waals surface area contributed by atoms with Crippen LogP contribution in [0.15, 0.2) is 18.2 Å². The van der Waals surface area contributed by atoms with Gasteiger partial charge in [-0.15, -0.1) is 0 Å². The van der Waals surface area contributed by atoms with E-state index in [-0.39, 0.29) is 17.9 Å². The van der Waals surface area contributed by atoms with E-state index in [1.807, 2.05) is 13.0 Å². The van der Waals surface area contributed by atoms with Crippen LogP contribution in [0.5, 0.6) is 0 Å². The highest BCUT2D eigenvalue weighted by atomic mass is 35.5. The fraction of sp³-hybridized carbons (Fsp3) is 0.429. The first-order valence-electron chi connectivity index (χ1n) is 6.27. The van der Waals surface area contributed by atoms with Crippen LogP contribution in [-0.4, -0.2) is 18.6 Å². The van der Waals surface area contributed by atoms with Gasteiger partial charge in [0.05, 0.1) is 34.4 Å². The molecular weight excluding hydrogens is 264 g/mol. The SMILES string of the molecule is CCC1OCCC1C(=O)Nc1ccc(C#N)cc1Cl. The van der Waals surface area contributed by atoms with Crippen LogP contribution < -0.4 is 5.32 Å². The smallest absolute Gasteiger partial charge is 0.230 e. The van der Waals surface area contributed by atoms with Gasteiger partial charge in [0.25, 0.3) is 0 Å². The van der Waals surface area contributed by atoms with Gasteiger partial charge in [0.2, 0.25) is 5.91 Å². The molecule has 1 saturated heterocycles. The van der Waals surface area contributed by atoms with Crippen molar-refractivity contribution in [2.75, 3.05) is 11.9 Å². The van der Waals surface area contributed by atoms with Crippen molar-refractivity contribution in [2.45, 2.75) is 25.9 Å². The van der Waals surface area contributed by atoms with Gasteiger partial charge < -0.3 is 10.1 Å². The Balaban J connectivity index is 2.09. The van der Waals surface area contributed by atoms with Gasteiger partial charge in [0.15, 0.2) is 0 Å². The van der Waals surface area contributed by atoms with E-state index in [9.17, 15) is 4.79 Å². The highest BCUT2D eigenvalue weighted by Crippen LogP contribution is 2.27. The normalized spacial score (nSPS) is 21.9. The van der Waals surface area contributed by atoms with E-state index in [1.54, 1.807) is 18.2 Å². The molecular formula is C14H15ClN2O2. The molecule has 19 heavy (non-hydrogen) atoms. The number of nitrogens with one attached hydrogen (secondary N) is 1. The summed E-state index contributed by atoms with van der Waals surface area (Å²) >= 11 is 6.03. The van der Waals surface area contributed by atoms with E-state index in [1.165, 1.54) is 0 Å². The van der Waals surface area contributed by atoms with Crippen molar-refractivity contribution in [3.05, 3.63) is 28.8 Å². The van der Waals surface area contributed by atoms with Crippen molar-refractivity contribution < 1.29 is 9.53 Å². The number of hydrogen-bond donors (Lipinski definition) is 1. The monoisotopic (exact) mass is 278 g/mol. The van der Waals surface area contributed by atoms with Gasteiger partial charge >= 0.3 is 0 Å². The summed E-state index contributed by atoms with van der Waals surface area (Å²) in [6.07, 6.45) is 1.54. The summed E-state index contributed by atoms with van der Waals surface area (Å²) in [5.41, 5.74) is 1.01. The maximum absolute atomic E-state index is 12.2. The molecule has 2 unspecified atom stereocenters. The molecule has 1 N–H and O–H groups in total. The third-order valence-corrected chi connectivity index (χ3v) is 3.62. The fourth-order valence-corrected chi connectivity index (χ4v) is 2.49. The van der Waals surface area contributed by atoms with E-state index in [2.05, 4.69) is 5.32 Å². The third kappa shape index (κ3) is 3.06. The van der Waals surface area contributed by atoms with Crippen molar-refractivity contribution in [3.63, 3.8) is 0 Å². The van der Waals surface area contributed by atoms with Gasteiger partial charge in [-0.25, -0.2) is 0 Å². The molecule has 1 aromatic carbocycles. The van der Waals surface area contributed by atoms with Crippen molar-refractivity contribution in [1.29, 1.82) is 5.26 Å². The molecule has 0 spiro atoms. The zero-order chi connectivity index (χ0) is 13.8. The maximum Gasteiger partial charge on any atom is 0.230 e. The minimum absolute atomic E-state index is 0.0165. The lowest BCUT2D eigenvalue weighted by atomic mass is 9.98. The lowest BCUT2D eigenvalue weighted by Gasteiger charge is -2.17. The topological polar surface area (TPSA) is 62.1 Å². The molecule has 1 fully saturated rings. The predicted molar refractivity (Wildman–Crippen MR) is 72.9 cm³/mol. The molecule has 0 aliphatic carbocycles. The lowest BCUT2D eigenvalue weighted by Crippen LogP contribution is -2.29. The minimum Gasteiger partial charge on any atom is -0.377 e. The molecule has 0 saturated carbocycles. The van der Waals surface area contributed by atoms with Crippen LogP contribution in [0.4, 0.5) is 5.69 Å². The van der Waals surface area contributed by atoms with E-state index < -0.39 is 0 Å². The van der Waals surface area contributed by atoms with Gasteiger partial charge in [-0.3, -0.25) is 4.79 Å². The van der Waals surface area contributed by atoms with Gasteiger partial charge in [-0.05, 0) is 31.0 Å². The Kier molecular flexibility index (Phi) is 4.41. The number of anilines is 1. The van der Waals surface area contributed by atoms with Crippen LogP contribution >= 0.6 is 11.6 Å². The highest BCUT2D eigenvalue weighted by molar-refractivity contribution is 6.33. The summed E-state index contributed by atoms with van der Waals surface area (Å²) < 4.78 is 5.50. The number of hydrogen-bond acceptors (Lipinski definition) is 3. The number of nitriles is 1. The Bertz CT molecular complexity index is 525. The summed E-state index contributed by atoms with van der Waals surface area (Å²) in [4.78, 5) is 12.2. The molecule has 100 valence electrons. The second-order valence-electron chi connectivity index (χ2n) is 4.51. The zero-order valence-corrected chi connectivity index (χ0v) is 11.4. The quantitative estimate of drug-likeness (QED) is 0.924. The molecule has 1 aliphatic heterocycles. The molecule has 2 rings (SSSR count). The van der Waals surface area contributed by atoms with E-state index >= 15 is 0 Å². The predicted octanol–water partition coefficient (Wildman–Crippen LogP) is 2.97. The van der Waals surface area contributed by atoms with Crippen LogP contribution in [0.3, 0.4) is 0 Å². The van der Waals surface area contributed by atoms with Gasteiger partial charge in [-0.1, -0.05) is 18.5 Å². The number of halogens is 1. The first-order valence-corrected chi connectivity index (χ1v) is 6.65. The summed E-state index contributed by atoms with van der Waals surface area (Å²) in [6.45, 7) is 2.63. The Morgan fingerprint density at radius 2 is 2.42 bits per heavy atom. The van der Waals surface area contributed by atoms with E-state index in [0.29, 0.717) is 22.9 Å². The molecule has 0 bridgehead atoms. The molecule has 2 atom stereocenters. The number of nitrogens with zero attached hydrogens (tertiary/aromatic N) is 1. The highest BCUT2D eigenvalue weighted by Gasteiger charge is 2.32. The molecule has 4 nitrogen and oxygen atoms in total. The maximum atomic E-state index is 12.2. The molecule has 1 amide bonds. The average Bonchev–Trinajstić information content (AvgIpc) is 2.89. The van der Waals surface area contributed by atoms with Crippen LogP contribution in [0.25, 0.3) is 0 Å². The first kappa shape index (κ1) is 13.9. The Morgan fingerprint density at radius 1 is 1.63 bits per heavy atom. The largest absolute Gasteiger partial charge is 0.377 e. The minimum atomic E-state index is -0.128. The van der Waals surface area contributed by atoms with Crippen molar-refractivity contribution >= 4 is 23.2 Å².